The second kappa shape index (κ2) is 6.59. The van der Waals surface area contributed by atoms with Crippen molar-refractivity contribution in [2.75, 3.05) is 14.2 Å². The fourth-order valence-corrected chi connectivity index (χ4v) is 3.48. The summed E-state index contributed by atoms with van der Waals surface area (Å²) in [5.74, 6) is 3.99. The SMILES string of the molecule is COc1cc(OC)cc(C2CCC(C(=O)C3CC3)C(=C=O)C2)c1. The fourth-order valence-electron chi connectivity index (χ4n) is 3.48. The molecule has 2 unspecified atom stereocenters. The molecule has 0 aliphatic heterocycles. The standard InChI is InChI=1S/C19H22O4/c1-22-16-8-14(9-17(10-16)23-2)13-5-6-18(15(7-13)11-20)19(21)12-3-4-12/h8-10,12-13,18H,3-7H2,1-2H3. The van der Waals surface area contributed by atoms with Crippen molar-refractivity contribution in [3.8, 4) is 11.5 Å². The second-order valence-electron chi connectivity index (χ2n) is 6.48. The first-order valence-electron chi connectivity index (χ1n) is 8.16. The van der Waals surface area contributed by atoms with Crippen LogP contribution in [0.2, 0.25) is 0 Å². The largest absolute Gasteiger partial charge is 0.497 e. The summed E-state index contributed by atoms with van der Waals surface area (Å²) in [4.78, 5) is 23.7. The van der Waals surface area contributed by atoms with E-state index in [-0.39, 0.29) is 23.5 Å². The molecule has 23 heavy (non-hydrogen) atoms. The van der Waals surface area contributed by atoms with E-state index in [0.717, 1.165) is 42.7 Å². The van der Waals surface area contributed by atoms with E-state index in [9.17, 15) is 9.59 Å². The van der Waals surface area contributed by atoms with Crippen LogP contribution in [0.3, 0.4) is 0 Å². The summed E-state index contributed by atoms with van der Waals surface area (Å²) in [6.07, 6.45) is 4.20. The predicted molar refractivity (Wildman–Crippen MR) is 86.6 cm³/mol. The summed E-state index contributed by atoms with van der Waals surface area (Å²) in [6, 6.07) is 5.81. The molecular formula is C19H22O4. The Labute approximate surface area is 136 Å². The summed E-state index contributed by atoms with van der Waals surface area (Å²) in [6.45, 7) is 0. The van der Waals surface area contributed by atoms with Crippen molar-refractivity contribution in [1.82, 2.24) is 0 Å². The summed E-state index contributed by atoms with van der Waals surface area (Å²) in [5, 5.41) is 0. The number of methoxy groups -OCH3 is 2. The van der Waals surface area contributed by atoms with Gasteiger partial charge in [0.15, 0.2) is 0 Å². The van der Waals surface area contributed by atoms with Crippen LogP contribution >= 0.6 is 0 Å². The molecule has 2 fully saturated rings. The quantitative estimate of drug-likeness (QED) is 0.782. The molecule has 0 heterocycles. The van der Waals surface area contributed by atoms with E-state index < -0.39 is 0 Å². The maximum absolute atomic E-state index is 12.3. The molecule has 4 nitrogen and oxygen atoms in total. The summed E-state index contributed by atoms with van der Waals surface area (Å²) < 4.78 is 10.6. The van der Waals surface area contributed by atoms with Gasteiger partial charge in [-0.2, -0.15) is 0 Å². The van der Waals surface area contributed by atoms with Crippen LogP contribution in [0.25, 0.3) is 0 Å². The van der Waals surface area contributed by atoms with Crippen molar-refractivity contribution >= 4 is 11.7 Å². The van der Waals surface area contributed by atoms with Crippen molar-refractivity contribution in [2.45, 2.75) is 38.0 Å². The number of Topliss-reactive ketones (excluding diaryl/α,β-unsaturated/α-hetero) is 1. The number of carbonyl (C=O) groups is 1. The van der Waals surface area contributed by atoms with Crippen molar-refractivity contribution in [2.24, 2.45) is 11.8 Å². The normalized spacial score (nSPS) is 24.0. The van der Waals surface area contributed by atoms with Crippen LogP contribution in [0.15, 0.2) is 23.8 Å². The molecule has 1 aromatic carbocycles. The zero-order valence-electron chi connectivity index (χ0n) is 13.6. The van der Waals surface area contributed by atoms with Crippen LogP contribution in [0.1, 0.15) is 43.6 Å². The highest BCUT2D eigenvalue weighted by Gasteiger charge is 2.39. The predicted octanol–water partition coefficient (Wildman–Crippen LogP) is 3.32. The zero-order valence-corrected chi connectivity index (χ0v) is 13.6. The third-order valence-corrected chi connectivity index (χ3v) is 4.99. The molecule has 4 heteroatoms. The molecule has 0 radical (unpaired) electrons. The van der Waals surface area contributed by atoms with Gasteiger partial charge in [0, 0.05) is 23.5 Å². The first kappa shape index (κ1) is 15.8. The maximum Gasteiger partial charge on any atom is 0.143 e. The van der Waals surface area contributed by atoms with Crippen molar-refractivity contribution in [1.29, 1.82) is 0 Å². The molecule has 2 aliphatic rings. The summed E-state index contributed by atoms with van der Waals surface area (Å²) in [7, 11) is 3.25. The number of hydrogen-bond donors (Lipinski definition) is 0. The van der Waals surface area contributed by atoms with Gasteiger partial charge >= 0.3 is 0 Å². The minimum atomic E-state index is -0.205. The Bertz CT molecular complexity index is 631. The number of rotatable bonds is 5. The van der Waals surface area contributed by atoms with E-state index in [1.54, 1.807) is 14.2 Å². The molecule has 122 valence electrons. The Kier molecular flexibility index (Phi) is 4.53. The summed E-state index contributed by atoms with van der Waals surface area (Å²) in [5.41, 5.74) is 1.73. The number of ether oxygens (including phenoxy) is 2. The van der Waals surface area contributed by atoms with Crippen LogP contribution in [0.5, 0.6) is 11.5 Å². The molecular weight excluding hydrogens is 292 g/mol. The van der Waals surface area contributed by atoms with E-state index in [2.05, 4.69) is 5.94 Å². The third kappa shape index (κ3) is 3.32. The van der Waals surface area contributed by atoms with Gasteiger partial charge < -0.3 is 9.47 Å². The highest BCUT2D eigenvalue weighted by Crippen LogP contribution is 2.44. The molecule has 0 spiro atoms. The molecule has 0 amide bonds. The number of carbonyl (C=O) groups excluding carboxylic acids is 2. The van der Waals surface area contributed by atoms with Crippen LogP contribution < -0.4 is 9.47 Å². The molecule has 0 bridgehead atoms. The smallest absolute Gasteiger partial charge is 0.143 e. The van der Waals surface area contributed by atoms with Crippen LogP contribution in [-0.2, 0) is 9.59 Å². The van der Waals surface area contributed by atoms with E-state index in [1.165, 1.54) is 0 Å². The number of ketones is 1. The third-order valence-electron chi connectivity index (χ3n) is 4.99. The lowest BCUT2D eigenvalue weighted by molar-refractivity contribution is -0.123. The van der Waals surface area contributed by atoms with Crippen molar-refractivity contribution < 1.29 is 19.1 Å². The van der Waals surface area contributed by atoms with Gasteiger partial charge in [0.05, 0.1) is 14.2 Å². The minimum Gasteiger partial charge on any atom is -0.497 e. The highest BCUT2D eigenvalue weighted by molar-refractivity contribution is 5.89. The van der Waals surface area contributed by atoms with E-state index in [0.29, 0.717) is 12.0 Å². The molecule has 0 saturated heterocycles. The van der Waals surface area contributed by atoms with Crippen LogP contribution in [0.4, 0.5) is 0 Å². The van der Waals surface area contributed by atoms with Gasteiger partial charge in [0.1, 0.15) is 23.2 Å². The molecule has 2 saturated carbocycles. The fraction of sp³-hybridized carbons (Fsp3) is 0.526. The van der Waals surface area contributed by atoms with Gasteiger partial charge in [-0.05, 0) is 55.7 Å². The Morgan fingerprint density at radius 2 is 1.70 bits per heavy atom. The number of benzene rings is 1. The number of hydrogen-bond acceptors (Lipinski definition) is 4. The second-order valence-corrected chi connectivity index (χ2v) is 6.48. The average Bonchev–Trinajstić information content (AvgIpc) is 3.45. The zero-order chi connectivity index (χ0) is 16.4. The molecule has 0 aromatic heterocycles. The Hall–Kier alpha value is -2.06. The maximum atomic E-state index is 12.3. The number of allylic oxidation sites excluding steroid dienone is 1. The first-order valence-corrected chi connectivity index (χ1v) is 8.16. The van der Waals surface area contributed by atoms with Gasteiger partial charge in [-0.15, -0.1) is 0 Å². The van der Waals surface area contributed by atoms with E-state index in [1.807, 2.05) is 18.2 Å². The topological polar surface area (TPSA) is 52.6 Å². The lowest BCUT2D eigenvalue weighted by Crippen LogP contribution is -2.25. The van der Waals surface area contributed by atoms with Gasteiger partial charge in [-0.3, -0.25) is 4.79 Å². The van der Waals surface area contributed by atoms with Crippen LogP contribution in [0, 0.1) is 11.8 Å². The monoisotopic (exact) mass is 314 g/mol. The first-order chi connectivity index (χ1) is 11.2. The Morgan fingerprint density at radius 1 is 1.04 bits per heavy atom. The summed E-state index contributed by atoms with van der Waals surface area (Å²) >= 11 is 0. The molecule has 1 aromatic rings. The lowest BCUT2D eigenvalue weighted by Gasteiger charge is -2.29. The molecule has 2 aliphatic carbocycles. The van der Waals surface area contributed by atoms with Crippen molar-refractivity contribution in [3.05, 3.63) is 29.3 Å². The van der Waals surface area contributed by atoms with Gasteiger partial charge in [-0.1, -0.05) is 0 Å². The van der Waals surface area contributed by atoms with Gasteiger partial charge in [-0.25, -0.2) is 4.79 Å². The molecule has 0 N–H and O–H groups in total. The van der Waals surface area contributed by atoms with Crippen LogP contribution in [-0.4, -0.2) is 25.9 Å². The average molecular weight is 314 g/mol. The molecule has 3 rings (SSSR count). The highest BCUT2D eigenvalue weighted by atomic mass is 16.5. The molecule has 2 atom stereocenters. The Balaban J connectivity index is 1.80. The minimum absolute atomic E-state index is 0.191. The lowest BCUT2D eigenvalue weighted by atomic mass is 9.73. The Morgan fingerprint density at radius 3 is 2.22 bits per heavy atom. The van der Waals surface area contributed by atoms with Gasteiger partial charge in [0.25, 0.3) is 0 Å². The van der Waals surface area contributed by atoms with Gasteiger partial charge in [0.2, 0.25) is 0 Å². The van der Waals surface area contributed by atoms with E-state index >= 15 is 0 Å². The van der Waals surface area contributed by atoms with Crippen molar-refractivity contribution in [3.63, 3.8) is 0 Å². The van der Waals surface area contributed by atoms with E-state index in [4.69, 9.17) is 9.47 Å².